The molecule has 2 aliphatic heterocycles. The Labute approximate surface area is 200 Å². The molecular formula is C26H29N3O4S. The van der Waals surface area contributed by atoms with Gasteiger partial charge in [0.2, 0.25) is 10.0 Å². The molecule has 0 aliphatic carbocycles. The van der Waals surface area contributed by atoms with E-state index < -0.39 is 10.0 Å². The Morgan fingerprint density at radius 2 is 1.71 bits per heavy atom. The van der Waals surface area contributed by atoms with E-state index in [1.807, 2.05) is 24.3 Å². The highest BCUT2D eigenvalue weighted by atomic mass is 32.2. The molecule has 0 unspecified atom stereocenters. The van der Waals surface area contributed by atoms with Crippen molar-refractivity contribution >= 4 is 15.7 Å². The van der Waals surface area contributed by atoms with E-state index in [-0.39, 0.29) is 22.9 Å². The molecule has 3 aromatic rings. The molecule has 1 aromatic heterocycles. The molecule has 2 bridgehead atoms. The van der Waals surface area contributed by atoms with Crippen molar-refractivity contribution in [3.8, 4) is 5.75 Å². The van der Waals surface area contributed by atoms with Gasteiger partial charge in [-0.1, -0.05) is 42.5 Å². The molecule has 0 saturated carbocycles. The third kappa shape index (κ3) is 4.88. The summed E-state index contributed by atoms with van der Waals surface area (Å²) in [7, 11) is -2.02. The average molecular weight is 480 g/mol. The van der Waals surface area contributed by atoms with Crippen LogP contribution in [0.25, 0.3) is 0 Å². The fraction of sp³-hybridized carbons (Fsp3) is 0.346. The maximum atomic E-state index is 13.2. The van der Waals surface area contributed by atoms with Crippen LogP contribution in [0.2, 0.25) is 0 Å². The van der Waals surface area contributed by atoms with E-state index in [1.165, 1.54) is 5.56 Å². The molecule has 0 radical (unpaired) electrons. The summed E-state index contributed by atoms with van der Waals surface area (Å²) < 4.78 is 34.9. The summed E-state index contributed by atoms with van der Waals surface area (Å²) in [6.07, 6.45) is 1.05. The van der Waals surface area contributed by atoms with E-state index in [0.29, 0.717) is 18.0 Å². The molecule has 2 aromatic carbocycles. The van der Waals surface area contributed by atoms with Crippen LogP contribution >= 0.6 is 0 Å². The fourth-order valence-electron chi connectivity index (χ4n) is 5.24. The third-order valence-corrected chi connectivity index (χ3v) is 7.95. The minimum atomic E-state index is -3.68. The first-order chi connectivity index (χ1) is 16.4. The van der Waals surface area contributed by atoms with Crippen molar-refractivity contribution in [2.45, 2.75) is 31.2 Å². The summed E-state index contributed by atoms with van der Waals surface area (Å²) in [5.74, 6) is 1.30. The molecule has 0 amide bonds. The van der Waals surface area contributed by atoms with E-state index in [0.717, 1.165) is 37.5 Å². The topological polar surface area (TPSA) is 80.6 Å². The summed E-state index contributed by atoms with van der Waals surface area (Å²) in [6.45, 7) is 3.26. The van der Waals surface area contributed by atoms with Gasteiger partial charge in [0.15, 0.2) is 0 Å². The van der Waals surface area contributed by atoms with Crippen LogP contribution < -0.4 is 15.0 Å². The van der Waals surface area contributed by atoms with Crippen LogP contribution in [-0.4, -0.2) is 38.1 Å². The Bertz CT molecular complexity index is 1320. The summed E-state index contributed by atoms with van der Waals surface area (Å²) in [5, 5.41) is 0. The molecule has 178 valence electrons. The lowest BCUT2D eigenvalue weighted by Gasteiger charge is -2.43. The number of nitrogens with zero attached hydrogens (tertiary/aromatic N) is 2. The predicted octanol–water partition coefficient (Wildman–Crippen LogP) is 3.42. The average Bonchev–Trinajstić information content (AvgIpc) is 2.82. The molecule has 1 saturated heterocycles. The minimum absolute atomic E-state index is 0.120. The third-order valence-electron chi connectivity index (χ3n) is 6.71. The number of fused-ring (bicyclic) bond motifs is 4. The van der Waals surface area contributed by atoms with Crippen LogP contribution in [0.1, 0.15) is 29.2 Å². The van der Waals surface area contributed by atoms with E-state index in [2.05, 4.69) is 21.8 Å². The zero-order chi connectivity index (χ0) is 23.7. The number of hydrogen-bond acceptors (Lipinski definition) is 5. The van der Waals surface area contributed by atoms with Gasteiger partial charge in [-0.2, -0.15) is 0 Å². The molecule has 1 fully saturated rings. The highest BCUT2D eigenvalue weighted by Crippen LogP contribution is 2.36. The van der Waals surface area contributed by atoms with Gasteiger partial charge in [0.25, 0.3) is 5.56 Å². The molecule has 3 heterocycles. The van der Waals surface area contributed by atoms with Gasteiger partial charge in [0.1, 0.15) is 11.4 Å². The number of hydrogen-bond donors (Lipinski definition) is 1. The SMILES string of the molecule is COc1ccc(CN2C[C@H]3C[C@H](C2)c2ccc(NS(=O)(=O)Cc4ccccc4)c(=O)n2C3)cc1. The van der Waals surface area contributed by atoms with Gasteiger partial charge in [-0.05, 0) is 47.7 Å². The second kappa shape index (κ2) is 9.27. The quantitative estimate of drug-likeness (QED) is 0.562. The van der Waals surface area contributed by atoms with E-state index in [1.54, 1.807) is 42.0 Å². The zero-order valence-corrected chi connectivity index (χ0v) is 20.0. The van der Waals surface area contributed by atoms with Crippen LogP contribution in [0.15, 0.2) is 71.5 Å². The maximum Gasteiger partial charge on any atom is 0.275 e. The monoisotopic (exact) mass is 479 g/mol. The number of methoxy groups -OCH3 is 1. The number of ether oxygens (including phenoxy) is 1. The van der Waals surface area contributed by atoms with Crippen molar-refractivity contribution in [2.75, 3.05) is 24.9 Å². The summed E-state index contributed by atoms with van der Waals surface area (Å²) >= 11 is 0. The summed E-state index contributed by atoms with van der Waals surface area (Å²) in [4.78, 5) is 15.7. The van der Waals surface area contributed by atoms with Crippen molar-refractivity contribution in [1.29, 1.82) is 0 Å². The molecule has 8 heteroatoms. The molecule has 7 nitrogen and oxygen atoms in total. The van der Waals surface area contributed by atoms with Gasteiger partial charge < -0.3 is 9.30 Å². The van der Waals surface area contributed by atoms with E-state index in [9.17, 15) is 13.2 Å². The maximum absolute atomic E-state index is 13.2. The standard InChI is InChI=1S/C26H29N3O4S/c1-33-23-9-7-19(8-10-23)14-28-15-21-13-22(17-28)25-12-11-24(26(30)29(25)16-21)27-34(31,32)18-20-5-3-2-4-6-20/h2-12,21-22,27H,13-18H2,1H3/t21-,22-/m1/s1. The van der Waals surface area contributed by atoms with Gasteiger partial charge in [0.05, 0.1) is 12.9 Å². The van der Waals surface area contributed by atoms with Gasteiger partial charge in [-0.25, -0.2) is 8.42 Å². The largest absolute Gasteiger partial charge is 0.497 e. The fourth-order valence-corrected chi connectivity index (χ4v) is 6.43. The smallest absolute Gasteiger partial charge is 0.275 e. The molecule has 2 aliphatic rings. The highest BCUT2D eigenvalue weighted by molar-refractivity contribution is 7.91. The number of nitrogens with one attached hydrogen (secondary N) is 1. The first-order valence-corrected chi connectivity index (χ1v) is 13.2. The van der Waals surface area contributed by atoms with Crippen molar-refractivity contribution in [2.24, 2.45) is 5.92 Å². The molecular weight excluding hydrogens is 450 g/mol. The minimum Gasteiger partial charge on any atom is -0.497 e. The molecule has 34 heavy (non-hydrogen) atoms. The van der Waals surface area contributed by atoms with E-state index in [4.69, 9.17) is 4.74 Å². The number of aromatic nitrogens is 1. The number of anilines is 1. The van der Waals surface area contributed by atoms with E-state index >= 15 is 0 Å². The van der Waals surface area contributed by atoms with Gasteiger partial charge >= 0.3 is 0 Å². The normalized spacial score (nSPS) is 19.9. The molecule has 1 N–H and O–H groups in total. The van der Waals surface area contributed by atoms with Gasteiger partial charge in [-0.3, -0.25) is 14.4 Å². The number of sulfonamides is 1. The Kier molecular flexibility index (Phi) is 6.18. The lowest BCUT2D eigenvalue weighted by atomic mass is 9.83. The number of benzene rings is 2. The van der Waals surface area contributed by atoms with Crippen LogP contribution in [0.3, 0.4) is 0 Å². The highest BCUT2D eigenvalue weighted by Gasteiger charge is 2.35. The predicted molar refractivity (Wildman–Crippen MR) is 133 cm³/mol. The number of rotatable bonds is 7. The first kappa shape index (κ1) is 22.7. The Morgan fingerprint density at radius 1 is 0.941 bits per heavy atom. The Balaban J connectivity index is 1.32. The number of pyridine rings is 1. The van der Waals surface area contributed by atoms with Gasteiger partial charge in [0, 0.05) is 37.8 Å². The Hall–Kier alpha value is -3.10. The first-order valence-electron chi connectivity index (χ1n) is 11.5. The lowest BCUT2D eigenvalue weighted by molar-refractivity contribution is 0.114. The van der Waals surface area contributed by atoms with Crippen LogP contribution in [0.5, 0.6) is 5.75 Å². The molecule has 5 rings (SSSR count). The van der Waals surface area contributed by atoms with Crippen molar-refractivity contribution in [1.82, 2.24) is 9.47 Å². The van der Waals surface area contributed by atoms with Gasteiger partial charge in [-0.15, -0.1) is 0 Å². The van der Waals surface area contributed by atoms with Crippen LogP contribution in [0.4, 0.5) is 5.69 Å². The van der Waals surface area contributed by atoms with Crippen molar-refractivity contribution < 1.29 is 13.2 Å². The zero-order valence-electron chi connectivity index (χ0n) is 19.2. The lowest BCUT2D eigenvalue weighted by Crippen LogP contribution is -2.47. The molecule has 0 spiro atoms. The number of likely N-dealkylation sites (tertiary alicyclic amines) is 1. The number of piperidine rings is 1. The summed E-state index contributed by atoms with van der Waals surface area (Å²) in [6, 6.07) is 20.7. The van der Waals surface area contributed by atoms with Crippen LogP contribution in [0, 0.1) is 5.92 Å². The second-order valence-corrected chi connectivity index (χ2v) is 11.0. The summed E-state index contributed by atoms with van der Waals surface area (Å²) in [5.41, 5.74) is 2.77. The second-order valence-electron chi connectivity index (χ2n) is 9.28. The van der Waals surface area contributed by atoms with Crippen LogP contribution in [-0.2, 0) is 28.9 Å². The molecule has 2 atom stereocenters. The van der Waals surface area contributed by atoms with Crippen molar-refractivity contribution in [3.63, 3.8) is 0 Å². The Morgan fingerprint density at radius 3 is 2.44 bits per heavy atom. The van der Waals surface area contributed by atoms with Crippen molar-refractivity contribution in [3.05, 3.63) is 93.9 Å².